The highest BCUT2D eigenvalue weighted by Gasteiger charge is 2.09. The normalized spacial score (nSPS) is 10.9. The van der Waals surface area contributed by atoms with Crippen LogP contribution in [0.1, 0.15) is 12.5 Å². The number of rotatable bonds is 6. The van der Waals surface area contributed by atoms with Gasteiger partial charge in [-0.2, -0.15) is 5.26 Å². The van der Waals surface area contributed by atoms with E-state index in [0.717, 1.165) is 6.07 Å². The molecule has 0 amide bonds. The number of anilines is 1. The van der Waals surface area contributed by atoms with Crippen molar-refractivity contribution < 1.29 is 12.8 Å². The van der Waals surface area contributed by atoms with Crippen molar-refractivity contribution in [2.45, 2.75) is 6.92 Å². The highest BCUT2D eigenvalue weighted by molar-refractivity contribution is 7.89. The Morgan fingerprint density at radius 3 is 2.72 bits per heavy atom. The number of nitrogens with zero attached hydrogens (tertiary/aromatic N) is 1. The van der Waals surface area contributed by atoms with Gasteiger partial charge in [0.15, 0.2) is 0 Å². The predicted octanol–water partition coefficient (Wildman–Crippen LogP) is 1.05. The van der Waals surface area contributed by atoms with Gasteiger partial charge in [-0.15, -0.1) is 0 Å². The van der Waals surface area contributed by atoms with Crippen LogP contribution in [0.25, 0.3) is 0 Å². The predicted molar refractivity (Wildman–Crippen MR) is 67.1 cm³/mol. The molecule has 7 heteroatoms. The van der Waals surface area contributed by atoms with E-state index < -0.39 is 15.8 Å². The highest BCUT2D eigenvalue weighted by Crippen LogP contribution is 2.14. The Morgan fingerprint density at radius 1 is 1.44 bits per heavy atom. The largest absolute Gasteiger partial charge is 0.382 e. The molecule has 5 nitrogen and oxygen atoms in total. The Hall–Kier alpha value is -1.65. The first-order valence-corrected chi connectivity index (χ1v) is 7.04. The van der Waals surface area contributed by atoms with Gasteiger partial charge in [-0.1, -0.05) is 6.92 Å². The molecule has 0 aliphatic rings. The summed E-state index contributed by atoms with van der Waals surface area (Å²) in [4.78, 5) is 0. The summed E-state index contributed by atoms with van der Waals surface area (Å²) in [6.45, 7) is 2.11. The zero-order valence-electron chi connectivity index (χ0n) is 9.90. The number of hydrogen-bond donors (Lipinski definition) is 2. The van der Waals surface area contributed by atoms with E-state index >= 15 is 0 Å². The molecule has 0 heterocycles. The summed E-state index contributed by atoms with van der Waals surface area (Å²) in [5.74, 6) is -0.713. The minimum atomic E-state index is -3.31. The van der Waals surface area contributed by atoms with Crippen LogP contribution in [-0.2, 0) is 10.0 Å². The lowest BCUT2D eigenvalue weighted by molar-refractivity contribution is 0.584. The van der Waals surface area contributed by atoms with Crippen molar-refractivity contribution in [3.63, 3.8) is 0 Å². The van der Waals surface area contributed by atoms with Gasteiger partial charge in [0.1, 0.15) is 5.82 Å². The van der Waals surface area contributed by atoms with Crippen LogP contribution < -0.4 is 10.0 Å². The first-order chi connectivity index (χ1) is 8.48. The van der Waals surface area contributed by atoms with Crippen molar-refractivity contribution in [1.82, 2.24) is 4.72 Å². The molecule has 1 rings (SSSR count). The van der Waals surface area contributed by atoms with Crippen molar-refractivity contribution in [3.05, 3.63) is 29.6 Å². The Balaban J connectivity index is 2.58. The van der Waals surface area contributed by atoms with E-state index in [4.69, 9.17) is 5.26 Å². The highest BCUT2D eigenvalue weighted by atomic mass is 32.2. The van der Waals surface area contributed by atoms with Crippen LogP contribution in [0.3, 0.4) is 0 Å². The van der Waals surface area contributed by atoms with Gasteiger partial charge in [-0.3, -0.25) is 0 Å². The average Bonchev–Trinajstić information content (AvgIpc) is 2.31. The molecule has 0 saturated heterocycles. The molecule has 0 spiro atoms. The van der Waals surface area contributed by atoms with E-state index in [1.165, 1.54) is 12.1 Å². The minimum absolute atomic E-state index is 0.0954. The number of sulfonamides is 1. The topological polar surface area (TPSA) is 82.0 Å². The quantitative estimate of drug-likeness (QED) is 0.810. The SMILES string of the molecule is CCNS(=O)(=O)CCNc1ccc(C#N)cc1F. The smallest absolute Gasteiger partial charge is 0.213 e. The maximum Gasteiger partial charge on any atom is 0.213 e. The summed E-state index contributed by atoms with van der Waals surface area (Å²) in [7, 11) is -3.31. The number of halogens is 1. The van der Waals surface area contributed by atoms with Gasteiger partial charge in [-0.05, 0) is 18.2 Å². The van der Waals surface area contributed by atoms with E-state index in [2.05, 4.69) is 10.0 Å². The zero-order chi connectivity index (χ0) is 13.6. The molecule has 1 aromatic carbocycles. The summed E-state index contributed by atoms with van der Waals surface area (Å²) >= 11 is 0. The fourth-order valence-corrected chi connectivity index (χ4v) is 2.30. The van der Waals surface area contributed by atoms with Crippen molar-refractivity contribution in [2.24, 2.45) is 0 Å². The Labute approximate surface area is 106 Å². The molecular formula is C11H14FN3O2S. The number of benzene rings is 1. The Morgan fingerprint density at radius 2 is 2.17 bits per heavy atom. The molecule has 0 fully saturated rings. The maximum atomic E-state index is 13.4. The van der Waals surface area contributed by atoms with Gasteiger partial charge in [0.2, 0.25) is 10.0 Å². The summed E-state index contributed by atoms with van der Waals surface area (Å²) in [5.41, 5.74) is 0.402. The minimum Gasteiger partial charge on any atom is -0.382 e. The monoisotopic (exact) mass is 271 g/mol. The molecule has 0 bridgehead atoms. The molecule has 0 saturated carbocycles. The van der Waals surface area contributed by atoms with Crippen LogP contribution in [0.4, 0.5) is 10.1 Å². The van der Waals surface area contributed by atoms with Gasteiger partial charge in [0, 0.05) is 13.1 Å². The second-order valence-electron chi connectivity index (χ2n) is 3.55. The van der Waals surface area contributed by atoms with E-state index in [-0.39, 0.29) is 23.5 Å². The van der Waals surface area contributed by atoms with Crippen molar-refractivity contribution >= 4 is 15.7 Å². The van der Waals surface area contributed by atoms with Gasteiger partial charge >= 0.3 is 0 Å². The summed E-state index contributed by atoms with van der Waals surface area (Å²) in [5, 5.41) is 11.2. The summed E-state index contributed by atoms with van der Waals surface area (Å²) in [6, 6.07) is 5.79. The number of hydrogen-bond acceptors (Lipinski definition) is 4. The average molecular weight is 271 g/mol. The Bertz CT molecular complexity index is 552. The first-order valence-electron chi connectivity index (χ1n) is 5.39. The van der Waals surface area contributed by atoms with Gasteiger partial charge in [0.05, 0.1) is 23.1 Å². The fraction of sp³-hybridized carbons (Fsp3) is 0.364. The maximum absolute atomic E-state index is 13.4. The third-order valence-electron chi connectivity index (χ3n) is 2.15. The second kappa shape index (κ2) is 6.33. The van der Waals surface area contributed by atoms with Crippen LogP contribution >= 0.6 is 0 Å². The standard InChI is InChI=1S/C11H14FN3O2S/c1-2-15-18(16,17)6-5-14-11-4-3-9(8-13)7-10(11)12/h3-4,7,14-15H,2,5-6H2,1H3. The molecule has 98 valence electrons. The lowest BCUT2D eigenvalue weighted by Crippen LogP contribution is -2.29. The van der Waals surface area contributed by atoms with Crippen LogP contribution in [0.2, 0.25) is 0 Å². The first kappa shape index (κ1) is 14.4. The van der Waals surface area contributed by atoms with Gasteiger partial charge < -0.3 is 5.32 Å². The molecule has 0 aliphatic heterocycles. The van der Waals surface area contributed by atoms with Crippen LogP contribution in [0, 0.1) is 17.1 Å². The molecule has 0 aliphatic carbocycles. The third-order valence-corrected chi connectivity index (χ3v) is 3.62. The van der Waals surface area contributed by atoms with Gasteiger partial charge in [-0.25, -0.2) is 17.5 Å². The summed E-state index contributed by atoms with van der Waals surface area (Å²) < 4.78 is 38.4. The second-order valence-corrected chi connectivity index (χ2v) is 5.48. The zero-order valence-corrected chi connectivity index (χ0v) is 10.7. The molecule has 0 radical (unpaired) electrons. The van der Waals surface area contributed by atoms with E-state index in [1.54, 1.807) is 6.92 Å². The molecule has 0 unspecified atom stereocenters. The van der Waals surface area contributed by atoms with Crippen LogP contribution in [0.5, 0.6) is 0 Å². The molecule has 0 atom stereocenters. The fourth-order valence-electron chi connectivity index (χ4n) is 1.34. The van der Waals surface area contributed by atoms with Crippen LogP contribution in [0.15, 0.2) is 18.2 Å². The molecular weight excluding hydrogens is 257 g/mol. The molecule has 18 heavy (non-hydrogen) atoms. The lowest BCUT2D eigenvalue weighted by atomic mass is 10.2. The van der Waals surface area contributed by atoms with Crippen molar-refractivity contribution in [1.29, 1.82) is 5.26 Å². The van der Waals surface area contributed by atoms with Crippen LogP contribution in [-0.4, -0.2) is 27.3 Å². The van der Waals surface area contributed by atoms with E-state index in [0.29, 0.717) is 6.54 Å². The Kier molecular flexibility index (Phi) is 5.07. The lowest BCUT2D eigenvalue weighted by Gasteiger charge is -2.08. The van der Waals surface area contributed by atoms with Crippen molar-refractivity contribution in [2.75, 3.05) is 24.2 Å². The number of nitrogens with one attached hydrogen (secondary N) is 2. The van der Waals surface area contributed by atoms with E-state index in [1.807, 2.05) is 6.07 Å². The molecule has 1 aromatic rings. The summed E-state index contributed by atoms with van der Waals surface area (Å²) in [6.07, 6.45) is 0. The molecule has 2 N–H and O–H groups in total. The van der Waals surface area contributed by atoms with Gasteiger partial charge in [0.25, 0.3) is 0 Å². The third kappa shape index (κ3) is 4.31. The van der Waals surface area contributed by atoms with Crippen molar-refractivity contribution in [3.8, 4) is 6.07 Å². The van der Waals surface area contributed by atoms with E-state index in [9.17, 15) is 12.8 Å². The number of nitriles is 1. The molecule has 0 aromatic heterocycles.